The number of pyridine rings is 1. The molecule has 1 aliphatic rings. The van der Waals surface area contributed by atoms with Crippen molar-refractivity contribution in [1.82, 2.24) is 20.1 Å². The van der Waals surface area contributed by atoms with Gasteiger partial charge in [-0.15, -0.1) is 0 Å². The van der Waals surface area contributed by atoms with Gasteiger partial charge in [-0.2, -0.15) is 0 Å². The van der Waals surface area contributed by atoms with Crippen LogP contribution in [0.15, 0.2) is 23.0 Å². The molecule has 2 N–H and O–H groups in total. The average Bonchev–Trinajstić information content (AvgIpc) is 3.04. The Hall–Kier alpha value is -3.29. The number of nitrogens with one attached hydrogen (secondary N) is 2. The van der Waals surface area contributed by atoms with Crippen LogP contribution in [0.25, 0.3) is 11.0 Å². The van der Waals surface area contributed by atoms with Crippen molar-refractivity contribution in [2.24, 2.45) is 7.05 Å². The van der Waals surface area contributed by atoms with Crippen molar-refractivity contribution >= 4 is 16.9 Å². The molecule has 0 saturated heterocycles. The molecular weight excluding hydrogens is 396 g/mol. The Morgan fingerprint density at radius 1 is 1.26 bits per heavy atom. The number of fused-ring (bicyclic) bond motifs is 2. The minimum atomic E-state index is -0.155. The Bertz CT molecular complexity index is 1190. The van der Waals surface area contributed by atoms with Crippen LogP contribution in [0.4, 0.5) is 0 Å². The molecular formula is C23H28N4O4. The van der Waals surface area contributed by atoms with Gasteiger partial charge in [0.15, 0.2) is 17.1 Å². The number of hydrogen-bond acceptors (Lipinski definition) is 5. The van der Waals surface area contributed by atoms with Gasteiger partial charge in [0, 0.05) is 19.2 Å². The smallest absolute Gasteiger partial charge is 0.273 e. The first-order chi connectivity index (χ1) is 14.9. The summed E-state index contributed by atoms with van der Waals surface area (Å²) in [5.41, 5.74) is 4.15. The zero-order chi connectivity index (χ0) is 22.1. The first-order valence-electron chi connectivity index (χ1n) is 10.6. The fraction of sp³-hybridized carbons (Fsp3) is 0.435. The lowest BCUT2D eigenvalue weighted by molar-refractivity contribution is -0.121. The highest BCUT2D eigenvalue weighted by molar-refractivity contribution is 5.81. The molecule has 2 aromatic heterocycles. The third-order valence-corrected chi connectivity index (χ3v) is 5.89. The summed E-state index contributed by atoms with van der Waals surface area (Å²) in [4.78, 5) is 29.6. The lowest BCUT2D eigenvalue weighted by Crippen LogP contribution is -2.28. The van der Waals surface area contributed by atoms with Crippen LogP contribution in [-0.4, -0.2) is 33.9 Å². The maximum absolute atomic E-state index is 12.7. The van der Waals surface area contributed by atoms with Gasteiger partial charge >= 0.3 is 0 Å². The minimum absolute atomic E-state index is 0.0393. The van der Waals surface area contributed by atoms with Crippen LogP contribution in [0.2, 0.25) is 0 Å². The van der Waals surface area contributed by atoms with Crippen molar-refractivity contribution in [2.45, 2.75) is 46.1 Å². The van der Waals surface area contributed by atoms with Crippen LogP contribution in [0.3, 0.4) is 0 Å². The van der Waals surface area contributed by atoms with E-state index >= 15 is 0 Å². The Labute approximate surface area is 180 Å². The fourth-order valence-electron chi connectivity index (χ4n) is 4.22. The van der Waals surface area contributed by atoms with Crippen molar-refractivity contribution in [1.29, 1.82) is 0 Å². The molecule has 0 bridgehead atoms. The molecule has 1 amide bonds. The number of carbonyl (C=O) groups is 1. The molecule has 0 spiro atoms. The summed E-state index contributed by atoms with van der Waals surface area (Å²) < 4.78 is 12.9. The highest BCUT2D eigenvalue weighted by Crippen LogP contribution is 2.33. The van der Waals surface area contributed by atoms with Crippen molar-refractivity contribution < 1.29 is 14.3 Å². The highest BCUT2D eigenvalue weighted by atomic mass is 16.6. The maximum Gasteiger partial charge on any atom is 0.273 e. The Morgan fingerprint density at radius 3 is 2.74 bits per heavy atom. The highest BCUT2D eigenvalue weighted by Gasteiger charge is 2.19. The van der Waals surface area contributed by atoms with Crippen molar-refractivity contribution in [3.8, 4) is 11.5 Å². The monoisotopic (exact) mass is 424 g/mol. The number of hydrogen-bond donors (Lipinski definition) is 2. The van der Waals surface area contributed by atoms with E-state index in [0.29, 0.717) is 37.1 Å². The molecule has 31 heavy (non-hydrogen) atoms. The fourth-order valence-corrected chi connectivity index (χ4v) is 4.22. The van der Waals surface area contributed by atoms with E-state index in [-0.39, 0.29) is 17.5 Å². The molecule has 3 heterocycles. The summed E-state index contributed by atoms with van der Waals surface area (Å²) in [6.07, 6.45) is 1.61. The van der Waals surface area contributed by atoms with E-state index in [9.17, 15) is 9.59 Å². The first kappa shape index (κ1) is 21.0. The van der Waals surface area contributed by atoms with E-state index in [2.05, 4.69) is 15.4 Å². The summed E-state index contributed by atoms with van der Waals surface area (Å²) in [5.74, 6) is 1.42. The number of rotatable bonds is 6. The van der Waals surface area contributed by atoms with Gasteiger partial charge in [0.25, 0.3) is 5.56 Å². The summed E-state index contributed by atoms with van der Waals surface area (Å²) in [7, 11) is 1.77. The van der Waals surface area contributed by atoms with Gasteiger partial charge in [-0.25, -0.2) is 4.98 Å². The van der Waals surface area contributed by atoms with Gasteiger partial charge in [0.2, 0.25) is 5.91 Å². The molecule has 0 unspecified atom stereocenters. The maximum atomic E-state index is 12.7. The Morgan fingerprint density at radius 2 is 2.00 bits per heavy atom. The Balaban J connectivity index is 1.47. The third-order valence-electron chi connectivity index (χ3n) is 5.89. The van der Waals surface area contributed by atoms with E-state index in [4.69, 9.17) is 9.47 Å². The van der Waals surface area contributed by atoms with E-state index in [1.54, 1.807) is 11.7 Å². The van der Waals surface area contributed by atoms with Crippen LogP contribution in [0.5, 0.6) is 11.5 Å². The van der Waals surface area contributed by atoms with Crippen molar-refractivity contribution in [2.75, 3.05) is 13.2 Å². The molecule has 8 nitrogen and oxygen atoms in total. The predicted molar refractivity (Wildman–Crippen MR) is 118 cm³/mol. The molecule has 1 aromatic carbocycles. The van der Waals surface area contributed by atoms with E-state index in [1.165, 1.54) is 0 Å². The van der Waals surface area contributed by atoms with Crippen LogP contribution >= 0.6 is 0 Å². The number of benzene rings is 1. The van der Waals surface area contributed by atoms with Crippen LogP contribution in [0, 0.1) is 13.8 Å². The second-order valence-electron chi connectivity index (χ2n) is 7.93. The molecule has 0 fully saturated rings. The lowest BCUT2D eigenvalue weighted by atomic mass is 9.99. The average molecular weight is 425 g/mol. The van der Waals surface area contributed by atoms with Crippen molar-refractivity contribution in [3.05, 3.63) is 50.9 Å². The summed E-state index contributed by atoms with van der Waals surface area (Å²) in [6.45, 7) is 6.95. The zero-order valence-electron chi connectivity index (χ0n) is 18.4. The molecule has 4 rings (SSSR count). The predicted octanol–water partition coefficient (Wildman–Crippen LogP) is 2.85. The van der Waals surface area contributed by atoms with E-state index in [1.807, 2.05) is 39.0 Å². The minimum Gasteiger partial charge on any atom is -0.486 e. The lowest BCUT2D eigenvalue weighted by Gasteiger charge is -2.22. The molecule has 0 radical (unpaired) electrons. The number of ether oxygens (including phenoxy) is 2. The van der Waals surface area contributed by atoms with Gasteiger partial charge < -0.3 is 14.8 Å². The quantitative estimate of drug-likeness (QED) is 0.634. The van der Waals surface area contributed by atoms with Crippen LogP contribution in [-0.2, 0) is 18.3 Å². The SMILES string of the molecule is CC[C@@H](NC(=O)CCc1c(C)nc2c(c1C)c(=O)[nH]n2C)c1ccc2c(c1)OCCO2. The van der Waals surface area contributed by atoms with Crippen LogP contribution < -0.4 is 20.3 Å². The number of nitrogens with zero attached hydrogens (tertiary/aromatic N) is 2. The third kappa shape index (κ3) is 4.02. The molecule has 1 aliphatic heterocycles. The summed E-state index contributed by atoms with van der Waals surface area (Å²) in [6, 6.07) is 5.69. The summed E-state index contributed by atoms with van der Waals surface area (Å²) in [5, 5.41) is 6.46. The number of aromatic amines is 1. The van der Waals surface area contributed by atoms with Gasteiger partial charge in [-0.1, -0.05) is 13.0 Å². The summed E-state index contributed by atoms with van der Waals surface area (Å²) >= 11 is 0. The number of aromatic nitrogens is 3. The number of aryl methyl sites for hydroxylation is 3. The Kier molecular flexibility index (Phi) is 5.71. The molecule has 3 aromatic rings. The standard InChI is InChI=1S/C23H28N4O4/c1-5-17(15-6-8-18-19(12-15)31-11-10-30-18)25-20(28)9-7-16-13(2)21-22(24-14(16)3)27(4)26-23(21)29/h6,8,12,17H,5,7,9-11H2,1-4H3,(H,25,28)(H,26,29)/t17-/m1/s1. The number of amides is 1. The zero-order valence-corrected chi connectivity index (χ0v) is 18.4. The topological polar surface area (TPSA) is 98.2 Å². The second-order valence-corrected chi connectivity index (χ2v) is 7.93. The second kappa shape index (κ2) is 8.45. The number of H-pyrrole nitrogens is 1. The van der Waals surface area contributed by atoms with Gasteiger partial charge in [0.1, 0.15) is 13.2 Å². The van der Waals surface area contributed by atoms with Gasteiger partial charge in [-0.3, -0.25) is 19.4 Å². The normalized spacial score (nSPS) is 13.9. The number of carbonyl (C=O) groups excluding carboxylic acids is 1. The van der Waals surface area contributed by atoms with E-state index in [0.717, 1.165) is 40.3 Å². The first-order valence-corrected chi connectivity index (χ1v) is 10.6. The van der Waals surface area contributed by atoms with Crippen molar-refractivity contribution in [3.63, 3.8) is 0 Å². The molecule has 164 valence electrons. The van der Waals surface area contributed by atoms with Gasteiger partial charge in [0.05, 0.1) is 11.4 Å². The van der Waals surface area contributed by atoms with Crippen LogP contribution in [0.1, 0.15) is 48.2 Å². The molecule has 0 aliphatic carbocycles. The molecule has 0 saturated carbocycles. The molecule has 8 heteroatoms. The van der Waals surface area contributed by atoms with E-state index < -0.39 is 0 Å². The largest absolute Gasteiger partial charge is 0.486 e. The molecule has 1 atom stereocenters. The van der Waals surface area contributed by atoms with Gasteiger partial charge in [-0.05, 0) is 55.5 Å².